The molecule has 1 aromatic rings. The topological polar surface area (TPSA) is 74.3 Å². The summed E-state index contributed by atoms with van der Waals surface area (Å²) in [5, 5.41) is 8.00. The number of aryl methyl sites for hydroxylation is 1. The molecular weight excluding hydrogens is 288 g/mol. The molecule has 0 fully saturated rings. The Kier molecular flexibility index (Phi) is 6.77. The minimum atomic E-state index is -0.446. The third-order valence-electron chi connectivity index (χ3n) is 3.03. The number of likely N-dealkylation sites (N-methyl/N-ethyl adjacent to an activating group) is 1. The molecule has 0 aromatic carbocycles. The van der Waals surface area contributed by atoms with Gasteiger partial charge in [-0.15, -0.1) is 11.3 Å². The first kappa shape index (κ1) is 17.6. The first-order valence-corrected chi connectivity index (χ1v) is 7.87. The second kappa shape index (κ2) is 8.09. The van der Waals surface area contributed by atoms with E-state index in [2.05, 4.69) is 15.6 Å². The summed E-state index contributed by atoms with van der Waals surface area (Å²) in [6.07, 6.45) is 0. The van der Waals surface area contributed by atoms with E-state index in [0.717, 1.165) is 10.7 Å². The highest BCUT2D eigenvalue weighted by Crippen LogP contribution is 2.11. The van der Waals surface area contributed by atoms with E-state index in [4.69, 9.17) is 0 Å². The molecule has 7 heteroatoms. The zero-order valence-electron chi connectivity index (χ0n) is 13.3. The van der Waals surface area contributed by atoms with Gasteiger partial charge in [0.2, 0.25) is 5.91 Å². The van der Waals surface area contributed by atoms with Crippen molar-refractivity contribution in [3.05, 3.63) is 16.1 Å². The second-order valence-electron chi connectivity index (χ2n) is 5.54. The number of thiazole rings is 1. The maximum absolute atomic E-state index is 12.0. The minimum absolute atomic E-state index is 0.314. The summed E-state index contributed by atoms with van der Waals surface area (Å²) in [4.78, 5) is 29.8. The highest BCUT2D eigenvalue weighted by atomic mass is 32.1. The number of aromatic nitrogens is 1. The summed E-state index contributed by atoms with van der Waals surface area (Å²) >= 11 is 1.58. The predicted octanol–water partition coefficient (Wildman–Crippen LogP) is 1.75. The van der Waals surface area contributed by atoms with Crippen LogP contribution in [-0.2, 0) is 11.3 Å². The van der Waals surface area contributed by atoms with Gasteiger partial charge in [-0.1, -0.05) is 13.8 Å². The van der Waals surface area contributed by atoms with Gasteiger partial charge in [-0.2, -0.15) is 0 Å². The van der Waals surface area contributed by atoms with Gasteiger partial charge in [0.1, 0.15) is 0 Å². The average Bonchev–Trinajstić information content (AvgIpc) is 2.80. The summed E-state index contributed by atoms with van der Waals surface area (Å²) < 4.78 is 0. The maximum Gasteiger partial charge on any atom is 0.321 e. The molecule has 0 saturated heterocycles. The van der Waals surface area contributed by atoms with Crippen LogP contribution in [0.4, 0.5) is 4.79 Å². The molecule has 2 N–H and O–H groups in total. The Morgan fingerprint density at radius 3 is 2.57 bits per heavy atom. The monoisotopic (exact) mass is 312 g/mol. The zero-order valence-corrected chi connectivity index (χ0v) is 14.1. The number of hydrogen-bond acceptors (Lipinski definition) is 5. The summed E-state index contributed by atoms with van der Waals surface area (Å²) in [6.45, 7) is 8.82. The van der Waals surface area contributed by atoms with Crippen LogP contribution in [-0.4, -0.2) is 41.5 Å². The molecular formula is C14H24N4O2S. The third-order valence-corrected chi connectivity index (χ3v) is 3.85. The normalized spacial score (nSPS) is 12.5. The van der Waals surface area contributed by atoms with Crippen molar-refractivity contribution >= 4 is 23.3 Å². The fourth-order valence-electron chi connectivity index (χ4n) is 1.63. The molecule has 0 saturated carbocycles. The predicted molar refractivity (Wildman–Crippen MR) is 84.2 cm³/mol. The Labute approximate surface area is 129 Å². The van der Waals surface area contributed by atoms with E-state index in [-0.39, 0.29) is 5.91 Å². The van der Waals surface area contributed by atoms with Crippen LogP contribution in [0.15, 0.2) is 5.38 Å². The molecule has 6 nitrogen and oxygen atoms in total. The van der Waals surface area contributed by atoms with Crippen molar-refractivity contribution in [3.63, 3.8) is 0 Å². The number of rotatable bonds is 6. The number of nitrogens with zero attached hydrogens (tertiary/aromatic N) is 2. The third kappa shape index (κ3) is 6.22. The van der Waals surface area contributed by atoms with E-state index in [1.165, 1.54) is 0 Å². The molecule has 0 aliphatic rings. The molecule has 1 unspecified atom stereocenters. The lowest BCUT2D eigenvalue weighted by Crippen LogP contribution is -2.48. The van der Waals surface area contributed by atoms with Crippen LogP contribution in [0.2, 0.25) is 0 Å². The van der Waals surface area contributed by atoms with Crippen LogP contribution >= 0.6 is 11.3 Å². The van der Waals surface area contributed by atoms with E-state index in [1.54, 1.807) is 18.3 Å². The van der Waals surface area contributed by atoms with Crippen LogP contribution < -0.4 is 10.6 Å². The number of nitrogens with one attached hydrogen (secondary N) is 2. The highest BCUT2D eigenvalue weighted by Gasteiger charge is 2.20. The average molecular weight is 312 g/mol. The van der Waals surface area contributed by atoms with Gasteiger partial charge in [-0.3, -0.25) is 15.0 Å². The first-order valence-electron chi connectivity index (χ1n) is 6.99. The summed E-state index contributed by atoms with van der Waals surface area (Å²) in [5.74, 6) is 0.0320. The van der Waals surface area contributed by atoms with E-state index < -0.39 is 12.1 Å². The molecule has 0 radical (unpaired) electrons. The maximum atomic E-state index is 12.0. The summed E-state index contributed by atoms with van der Waals surface area (Å²) in [7, 11) is 1.84. The molecule has 1 rings (SSSR count). The fourth-order valence-corrected chi connectivity index (χ4v) is 2.23. The first-order chi connectivity index (χ1) is 9.79. The van der Waals surface area contributed by atoms with Gasteiger partial charge in [0.15, 0.2) is 0 Å². The van der Waals surface area contributed by atoms with Crippen molar-refractivity contribution in [2.45, 2.75) is 40.3 Å². The lowest BCUT2D eigenvalue weighted by molar-refractivity contribution is -0.124. The van der Waals surface area contributed by atoms with E-state index in [1.807, 2.05) is 38.1 Å². The summed E-state index contributed by atoms with van der Waals surface area (Å²) in [6, 6.07) is -0.852. The SMILES string of the molecule is Cc1nc(CN(C)C(C)C(=O)NC(=O)NCC(C)C)cs1. The Morgan fingerprint density at radius 1 is 1.38 bits per heavy atom. The lowest BCUT2D eigenvalue weighted by Gasteiger charge is -2.22. The van der Waals surface area contributed by atoms with Gasteiger partial charge in [0, 0.05) is 18.5 Å². The molecule has 0 aliphatic carbocycles. The van der Waals surface area contributed by atoms with Gasteiger partial charge in [-0.25, -0.2) is 9.78 Å². The number of amides is 3. The largest absolute Gasteiger partial charge is 0.338 e. The van der Waals surface area contributed by atoms with Crippen LogP contribution in [0, 0.1) is 12.8 Å². The van der Waals surface area contributed by atoms with Crippen molar-refractivity contribution in [2.24, 2.45) is 5.92 Å². The number of carbonyl (C=O) groups excluding carboxylic acids is 2. The summed E-state index contributed by atoms with van der Waals surface area (Å²) in [5.41, 5.74) is 0.934. The molecule has 1 aromatic heterocycles. The fraction of sp³-hybridized carbons (Fsp3) is 0.643. The molecule has 118 valence electrons. The van der Waals surface area contributed by atoms with E-state index in [0.29, 0.717) is 19.0 Å². The Morgan fingerprint density at radius 2 is 2.05 bits per heavy atom. The van der Waals surface area contributed by atoms with E-state index >= 15 is 0 Å². The number of carbonyl (C=O) groups is 2. The van der Waals surface area contributed by atoms with Crippen molar-refractivity contribution in [3.8, 4) is 0 Å². The van der Waals surface area contributed by atoms with Gasteiger partial charge in [-0.05, 0) is 26.8 Å². The second-order valence-corrected chi connectivity index (χ2v) is 6.60. The van der Waals surface area contributed by atoms with Crippen molar-refractivity contribution < 1.29 is 9.59 Å². The number of urea groups is 1. The Bertz CT molecular complexity index is 487. The smallest absolute Gasteiger partial charge is 0.321 e. The van der Waals surface area contributed by atoms with Crippen LogP contribution in [0.1, 0.15) is 31.5 Å². The zero-order chi connectivity index (χ0) is 16.0. The van der Waals surface area contributed by atoms with Crippen molar-refractivity contribution in [1.82, 2.24) is 20.5 Å². The van der Waals surface area contributed by atoms with Crippen LogP contribution in [0.5, 0.6) is 0 Å². The molecule has 1 atom stereocenters. The highest BCUT2D eigenvalue weighted by molar-refractivity contribution is 7.09. The lowest BCUT2D eigenvalue weighted by atomic mass is 10.2. The molecule has 3 amide bonds. The Hall–Kier alpha value is -1.47. The molecule has 0 bridgehead atoms. The number of hydrogen-bond donors (Lipinski definition) is 2. The minimum Gasteiger partial charge on any atom is -0.338 e. The van der Waals surface area contributed by atoms with Crippen LogP contribution in [0.25, 0.3) is 0 Å². The van der Waals surface area contributed by atoms with Gasteiger partial charge in [0.05, 0.1) is 16.7 Å². The van der Waals surface area contributed by atoms with Crippen molar-refractivity contribution in [1.29, 1.82) is 0 Å². The molecule has 1 heterocycles. The molecule has 0 aliphatic heterocycles. The van der Waals surface area contributed by atoms with Gasteiger partial charge >= 0.3 is 6.03 Å². The standard InChI is InChI=1S/C14H24N4O2S/c1-9(2)6-15-14(20)17-13(19)10(3)18(5)7-12-8-21-11(4)16-12/h8-10H,6-7H2,1-5H3,(H2,15,17,19,20). The van der Waals surface area contributed by atoms with E-state index in [9.17, 15) is 9.59 Å². The molecule has 21 heavy (non-hydrogen) atoms. The van der Waals surface area contributed by atoms with Crippen LogP contribution in [0.3, 0.4) is 0 Å². The quantitative estimate of drug-likeness (QED) is 0.839. The molecule has 0 spiro atoms. The number of imide groups is 1. The Balaban J connectivity index is 2.43. The van der Waals surface area contributed by atoms with Gasteiger partial charge in [0.25, 0.3) is 0 Å². The van der Waals surface area contributed by atoms with Crippen molar-refractivity contribution in [2.75, 3.05) is 13.6 Å². The van der Waals surface area contributed by atoms with Gasteiger partial charge < -0.3 is 5.32 Å².